The van der Waals surface area contributed by atoms with Gasteiger partial charge in [-0.25, -0.2) is 13.8 Å². The van der Waals surface area contributed by atoms with Gasteiger partial charge in [0.25, 0.3) is 0 Å². The highest BCUT2D eigenvalue weighted by molar-refractivity contribution is 6.32. The molecule has 0 radical (unpaired) electrons. The third-order valence-corrected chi connectivity index (χ3v) is 4.84. The first-order valence-electron chi connectivity index (χ1n) is 8.57. The van der Waals surface area contributed by atoms with Crippen molar-refractivity contribution in [3.8, 4) is 0 Å². The highest BCUT2D eigenvalue weighted by Crippen LogP contribution is 2.37. The Balaban J connectivity index is 1.51. The molecule has 0 amide bonds. The maximum atomic E-state index is 13.8. The molecule has 27 heavy (non-hydrogen) atoms. The molecule has 2 heterocycles. The van der Waals surface area contributed by atoms with E-state index >= 15 is 0 Å². The molecule has 0 saturated carbocycles. The van der Waals surface area contributed by atoms with Gasteiger partial charge in [0.15, 0.2) is 5.15 Å². The Kier molecular flexibility index (Phi) is 5.86. The molecular formula is C18H21ClF2N6. The molecule has 3 rings (SSSR count). The van der Waals surface area contributed by atoms with Crippen molar-refractivity contribution < 1.29 is 8.78 Å². The zero-order valence-corrected chi connectivity index (χ0v) is 15.9. The summed E-state index contributed by atoms with van der Waals surface area (Å²) in [7, 11) is 3.77. The molecule has 1 atom stereocenters. The Morgan fingerprint density at radius 3 is 2.67 bits per heavy atom. The molecule has 1 aromatic carbocycles. The third-order valence-electron chi connectivity index (χ3n) is 4.58. The maximum Gasteiger partial charge on any atom is 0.221 e. The van der Waals surface area contributed by atoms with Crippen molar-refractivity contribution in [3.63, 3.8) is 0 Å². The van der Waals surface area contributed by atoms with Crippen LogP contribution in [0, 0.1) is 11.6 Å². The highest BCUT2D eigenvalue weighted by atomic mass is 35.5. The van der Waals surface area contributed by atoms with E-state index in [0.29, 0.717) is 17.9 Å². The number of halogens is 3. The SMILES string of the molecule is CN(CCC1C=Nc2c(Cl)nc(N)nc21)CCN(C)c1ccc(F)cc1F. The van der Waals surface area contributed by atoms with Crippen molar-refractivity contribution in [2.75, 3.05) is 44.4 Å². The van der Waals surface area contributed by atoms with Crippen molar-refractivity contribution in [1.29, 1.82) is 0 Å². The lowest BCUT2D eigenvalue weighted by atomic mass is 10.0. The molecule has 1 aliphatic heterocycles. The van der Waals surface area contributed by atoms with Gasteiger partial charge in [-0.2, -0.15) is 4.98 Å². The van der Waals surface area contributed by atoms with E-state index in [-0.39, 0.29) is 17.0 Å². The Hall–Kier alpha value is -2.32. The minimum Gasteiger partial charge on any atom is -0.371 e. The molecule has 9 heteroatoms. The smallest absolute Gasteiger partial charge is 0.221 e. The number of nitrogen functional groups attached to an aromatic ring is 1. The fraction of sp³-hybridized carbons (Fsp3) is 0.389. The summed E-state index contributed by atoms with van der Waals surface area (Å²) in [4.78, 5) is 16.4. The first-order chi connectivity index (χ1) is 12.8. The predicted molar refractivity (Wildman–Crippen MR) is 104 cm³/mol. The van der Waals surface area contributed by atoms with Crippen molar-refractivity contribution in [1.82, 2.24) is 14.9 Å². The monoisotopic (exact) mass is 394 g/mol. The van der Waals surface area contributed by atoms with Gasteiger partial charge in [0.1, 0.15) is 17.3 Å². The Morgan fingerprint density at radius 2 is 1.93 bits per heavy atom. The molecule has 0 bridgehead atoms. The summed E-state index contributed by atoms with van der Waals surface area (Å²) < 4.78 is 26.9. The number of anilines is 2. The number of hydrogen-bond donors (Lipinski definition) is 1. The lowest BCUT2D eigenvalue weighted by Gasteiger charge is -2.24. The van der Waals surface area contributed by atoms with Crippen LogP contribution in [0.15, 0.2) is 23.2 Å². The average molecular weight is 395 g/mol. The van der Waals surface area contributed by atoms with Gasteiger partial charge in [0, 0.05) is 38.3 Å². The van der Waals surface area contributed by atoms with Crippen LogP contribution in [0.3, 0.4) is 0 Å². The fourth-order valence-corrected chi connectivity index (χ4v) is 3.22. The molecule has 2 N–H and O–H groups in total. The van der Waals surface area contributed by atoms with Gasteiger partial charge in [-0.15, -0.1) is 0 Å². The normalized spacial score (nSPS) is 15.4. The van der Waals surface area contributed by atoms with Gasteiger partial charge in [-0.05, 0) is 32.1 Å². The number of aliphatic imine (C=N–C) groups is 1. The van der Waals surface area contributed by atoms with Crippen molar-refractivity contribution >= 4 is 35.1 Å². The lowest BCUT2D eigenvalue weighted by Crippen LogP contribution is -2.32. The van der Waals surface area contributed by atoms with Crippen LogP contribution >= 0.6 is 11.6 Å². The van der Waals surface area contributed by atoms with E-state index in [1.807, 2.05) is 13.3 Å². The summed E-state index contributed by atoms with van der Waals surface area (Å²) in [6.07, 6.45) is 2.62. The first kappa shape index (κ1) is 19.4. The molecule has 0 aliphatic carbocycles. The minimum atomic E-state index is -0.579. The summed E-state index contributed by atoms with van der Waals surface area (Å²) in [5.74, 6) is -0.957. The lowest BCUT2D eigenvalue weighted by molar-refractivity contribution is 0.333. The van der Waals surface area contributed by atoms with Gasteiger partial charge >= 0.3 is 0 Å². The van der Waals surface area contributed by atoms with Crippen molar-refractivity contribution in [2.24, 2.45) is 4.99 Å². The van der Waals surface area contributed by atoms with Gasteiger partial charge in [0.2, 0.25) is 5.95 Å². The van der Waals surface area contributed by atoms with E-state index in [4.69, 9.17) is 17.3 Å². The molecule has 1 unspecified atom stereocenters. The minimum absolute atomic E-state index is 0.0394. The second-order valence-electron chi connectivity index (χ2n) is 6.60. The Bertz CT molecular complexity index is 860. The van der Waals surface area contributed by atoms with Crippen molar-refractivity contribution in [3.05, 3.63) is 40.7 Å². The van der Waals surface area contributed by atoms with Crippen molar-refractivity contribution in [2.45, 2.75) is 12.3 Å². The Morgan fingerprint density at radius 1 is 1.15 bits per heavy atom. The van der Waals surface area contributed by atoms with Crippen LogP contribution in [0.2, 0.25) is 5.15 Å². The van der Waals surface area contributed by atoms with E-state index < -0.39 is 11.6 Å². The summed E-state index contributed by atoms with van der Waals surface area (Å²) in [6.45, 7) is 2.11. The second kappa shape index (κ2) is 8.14. The quantitative estimate of drug-likeness (QED) is 0.730. The first-order valence-corrected chi connectivity index (χ1v) is 8.94. The van der Waals surface area contributed by atoms with Crippen LogP contribution in [0.25, 0.3) is 0 Å². The summed E-state index contributed by atoms with van der Waals surface area (Å²) >= 11 is 6.05. The van der Waals surface area contributed by atoms with E-state index in [2.05, 4.69) is 19.9 Å². The standard InChI is InChI=1S/C18H21ClF2N6/c1-26(7-8-27(2)14-4-3-12(20)9-13(14)21)6-5-11-10-23-16-15(11)24-18(22)25-17(16)19/h3-4,9-11H,5-8H2,1-2H3,(H2,22,24,25). The fourth-order valence-electron chi connectivity index (χ4n) is 2.99. The molecule has 2 aromatic rings. The van der Waals surface area contributed by atoms with E-state index in [1.54, 1.807) is 11.9 Å². The number of aromatic nitrogens is 2. The van der Waals surface area contributed by atoms with Gasteiger partial charge in [-0.3, -0.25) is 4.99 Å². The molecule has 1 aromatic heterocycles. The zero-order valence-electron chi connectivity index (χ0n) is 15.2. The van der Waals surface area contributed by atoms with Gasteiger partial charge < -0.3 is 15.5 Å². The number of fused-ring (bicyclic) bond motifs is 1. The van der Waals surface area contributed by atoms with Gasteiger partial charge in [0.05, 0.1) is 11.4 Å². The van der Waals surface area contributed by atoms with Crippen LogP contribution < -0.4 is 10.6 Å². The van der Waals surface area contributed by atoms with E-state index in [9.17, 15) is 8.78 Å². The van der Waals surface area contributed by atoms with Crippen LogP contribution in [0.5, 0.6) is 0 Å². The maximum absolute atomic E-state index is 13.8. The molecular weight excluding hydrogens is 374 g/mol. The summed E-state index contributed by atoms with van der Waals surface area (Å²) in [6, 6.07) is 3.60. The van der Waals surface area contributed by atoms with Crippen LogP contribution in [0.1, 0.15) is 18.0 Å². The molecule has 1 aliphatic rings. The number of likely N-dealkylation sites (N-methyl/N-ethyl adjacent to an activating group) is 2. The van der Waals surface area contributed by atoms with E-state index in [0.717, 1.165) is 31.3 Å². The second-order valence-corrected chi connectivity index (χ2v) is 6.96. The number of nitrogens with zero attached hydrogens (tertiary/aromatic N) is 5. The van der Waals surface area contributed by atoms with Crippen LogP contribution in [0.4, 0.5) is 26.1 Å². The molecule has 0 spiro atoms. The highest BCUT2D eigenvalue weighted by Gasteiger charge is 2.24. The third kappa shape index (κ3) is 4.51. The molecule has 0 fully saturated rings. The summed E-state index contributed by atoms with van der Waals surface area (Å²) in [5, 5.41) is 0.271. The average Bonchev–Trinajstić information content (AvgIpc) is 3.01. The number of hydrogen-bond acceptors (Lipinski definition) is 6. The van der Waals surface area contributed by atoms with Gasteiger partial charge in [-0.1, -0.05) is 11.6 Å². The van der Waals surface area contributed by atoms with E-state index in [1.165, 1.54) is 12.1 Å². The summed E-state index contributed by atoms with van der Waals surface area (Å²) in [5.41, 5.74) is 7.40. The number of rotatable bonds is 7. The van der Waals surface area contributed by atoms with Crippen LogP contribution in [-0.2, 0) is 0 Å². The Labute approximate surface area is 161 Å². The predicted octanol–water partition coefficient (Wildman–Crippen LogP) is 3.25. The number of nitrogens with two attached hydrogens (primary N) is 1. The molecule has 6 nitrogen and oxygen atoms in total. The number of benzene rings is 1. The molecule has 144 valence electrons. The zero-order chi connectivity index (χ0) is 19.6. The topological polar surface area (TPSA) is 70.6 Å². The largest absolute Gasteiger partial charge is 0.371 e. The molecule has 0 saturated heterocycles. The van der Waals surface area contributed by atoms with Crippen LogP contribution in [-0.4, -0.2) is 54.8 Å².